The van der Waals surface area contributed by atoms with Crippen LogP contribution >= 0.6 is 24.2 Å². The fraction of sp³-hybridized carbons (Fsp3) is 0.462. The van der Waals surface area contributed by atoms with Gasteiger partial charge < -0.3 is 10.4 Å². The van der Waals surface area contributed by atoms with Crippen molar-refractivity contribution in [3.8, 4) is 0 Å². The molecule has 0 radical (unpaired) electrons. The molecule has 0 bridgehead atoms. The number of thiol groups is 1. The van der Waals surface area contributed by atoms with Crippen molar-refractivity contribution >= 4 is 30.1 Å². The summed E-state index contributed by atoms with van der Waals surface area (Å²) in [6.45, 7) is 3.90. The van der Waals surface area contributed by atoms with Crippen LogP contribution in [0.2, 0.25) is 5.02 Å². The molecule has 0 fully saturated rings. The Hall–Kier alpha value is -0.710. The average Bonchev–Trinajstić information content (AvgIpc) is 2.32. The van der Waals surface area contributed by atoms with E-state index < -0.39 is 5.54 Å². The van der Waals surface area contributed by atoms with Gasteiger partial charge in [0.2, 0.25) is 0 Å². The standard InChI is InChI=1S/C13H18ClNO2S/c1-3-13(2,6-7-16)15-12(17)10-8-9(18)4-5-11(10)14/h4-5,8,16,18H,3,6-7H2,1-2H3,(H,15,17). The molecular formula is C13H18ClNO2S. The highest BCUT2D eigenvalue weighted by Gasteiger charge is 2.25. The molecule has 1 aromatic rings. The quantitative estimate of drug-likeness (QED) is 0.729. The minimum Gasteiger partial charge on any atom is -0.396 e. The SMILES string of the molecule is CCC(C)(CCO)NC(=O)c1cc(S)ccc1Cl. The van der Waals surface area contributed by atoms with E-state index in [1.54, 1.807) is 18.2 Å². The maximum Gasteiger partial charge on any atom is 0.253 e. The van der Waals surface area contributed by atoms with Gasteiger partial charge in [0.05, 0.1) is 10.6 Å². The molecule has 1 unspecified atom stereocenters. The summed E-state index contributed by atoms with van der Waals surface area (Å²) in [5, 5.41) is 12.3. The van der Waals surface area contributed by atoms with Gasteiger partial charge >= 0.3 is 0 Å². The van der Waals surface area contributed by atoms with Gasteiger partial charge in [-0.1, -0.05) is 18.5 Å². The fourth-order valence-corrected chi connectivity index (χ4v) is 2.01. The van der Waals surface area contributed by atoms with Gasteiger partial charge in [-0.2, -0.15) is 0 Å². The van der Waals surface area contributed by atoms with E-state index in [1.807, 2.05) is 13.8 Å². The average molecular weight is 288 g/mol. The Bertz CT molecular complexity index is 439. The smallest absolute Gasteiger partial charge is 0.253 e. The van der Waals surface area contributed by atoms with Crippen LogP contribution in [-0.4, -0.2) is 23.2 Å². The summed E-state index contributed by atoms with van der Waals surface area (Å²) in [4.78, 5) is 12.8. The van der Waals surface area contributed by atoms with Crippen LogP contribution in [0.4, 0.5) is 0 Å². The molecule has 1 atom stereocenters. The van der Waals surface area contributed by atoms with E-state index in [0.29, 0.717) is 21.9 Å². The summed E-state index contributed by atoms with van der Waals surface area (Å²) in [6.07, 6.45) is 1.24. The molecule has 2 N–H and O–H groups in total. The van der Waals surface area contributed by atoms with Crippen LogP contribution in [0.25, 0.3) is 0 Å². The van der Waals surface area contributed by atoms with Gasteiger partial charge in [0, 0.05) is 17.0 Å². The molecule has 0 aromatic heterocycles. The van der Waals surface area contributed by atoms with Crippen molar-refractivity contribution in [3.63, 3.8) is 0 Å². The third-order valence-electron chi connectivity index (χ3n) is 3.05. The molecule has 0 saturated heterocycles. The summed E-state index contributed by atoms with van der Waals surface area (Å²) < 4.78 is 0. The van der Waals surface area contributed by atoms with Gasteiger partial charge in [-0.15, -0.1) is 12.6 Å². The lowest BCUT2D eigenvalue weighted by Gasteiger charge is -2.29. The monoisotopic (exact) mass is 287 g/mol. The minimum absolute atomic E-state index is 0.0327. The second-order valence-electron chi connectivity index (χ2n) is 4.51. The maximum absolute atomic E-state index is 12.2. The van der Waals surface area contributed by atoms with Crippen molar-refractivity contribution in [2.45, 2.75) is 37.1 Å². The largest absolute Gasteiger partial charge is 0.396 e. The molecule has 0 aliphatic carbocycles. The molecule has 0 spiro atoms. The molecule has 100 valence electrons. The Morgan fingerprint density at radius 1 is 1.56 bits per heavy atom. The van der Waals surface area contributed by atoms with Gasteiger partial charge in [-0.3, -0.25) is 4.79 Å². The van der Waals surface area contributed by atoms with Crippen molar-refractivity contribution in [2.24, 2.45) is 0 Å². The summed E-state index contributed by atoms with van der Waals surface area (Å²) >= 11 is 10.2. The molecule has 5 heteroatoms. The molecule has 1 rings (SSSR count). The first-order chi connectivity index (χ1) is 8.41. The van der Waals surface area contributed by atoms with Crippen molar-refractivity contribution in [1.29, 1.82) is 0 Å². The number of nitrogens with one attached hydrogen (secondary N) is 1. The molecule has 18 heavy (non-hydrogen) atoms. The predicted octanol–water partition coefficient (Wildman–Crippen LogP) is 2.91. The lowest BCUT2D eigenvalue weighted by atomic mass is 9.94. The highest BCUT2D eigenvalue weighted by Crippen LogP contribution is 2.21. The van der Waals surface area contributed by atoms with Gasteiger partial charge in [-0.05, 0) is 38.0 Å². The number of aliphatic hydroxyl groups is 1. The number of aliphatic hydroxyl groups excluding tert-OH is 1. The predicted molar refractivity (Wildman–Crippen MR) is 76.6 cm³/mol. The summed E-state index contributed by atoms with van der Waals surface area (Å²) in [5.74, 6) is -0.242. The zero-order valence-electron chi connectivity index (χ0n) is 10.5. The topological polar surface area (TPSA) is 49.3 Å². The van der Waals surface area contributed by atoms with Crippen molar-refractivity contribution in [3.05, 3.63) is 28.8 Å². The Kier molecular flexibility index (Phi) is 5.50. The first kappa shape index (κ1) is 15.3. The molecule has 0 saturated carbocycles. The molecule has 0 aliphatic rings. The Labute approximate surface area is 118 Å². The zero-order chi connectivity index (χ0) is 13.8. The van der Waals surface area contributed by atoms with Crippen LogP contribution in [0.5, 0.6) is 0 Å². The van der Waals surface area contributed by atoms with E-state index in [4.69, 9.17) is 16.7 Å². The zero-order valence-corrected chi connectivity index (χ0v) is 12.2. The van der Waals surface area contributed by atoms with Crippen LogP contribution in [0.1, 0.15) is 37.0 Å². The van der Waals surface area contributed by atoms with E-state index in [0.717, 1.165) is 6.42 Å². The molecule has 0 aliphatic heterocycles. The fourth-order valence-electron chi connectivity index (χ4n) is 1.60. The second kappa shape index (κ2) is 6.45. The first-order valence-electron chi connectivity index (χ1n) is 5.84. The number of carbonyl (C=O) groups is 1. The lowest BCUT2D eigenvalue weighted by Crippen LogP contribution is -2.46. The summed E-state index contributed by atoms with van der Waals surface area (Å²) in [7, 11) is 0. The summed E-state index contributed by atoms with van der Waals surface area (Å²) in [5.41, 5.74) is -0.0244. The van der Waals surface area contributed by atoms with Crippen LogP contribution in [-0.2, 0) is 0 Å². The number of hydrogen-bond donors (Lipinski definition) is 3. The van der Waals surface area contributed by atoms with Gasteiger partial charge in [0.15, 0.2) is 0 Å². The number of carbonyl (C=O) groups excluding carboxylic acids is 1. The third-order valence-corrected chi connectivity index (χ3v) is 3.66. The highest BCUT2D eigenvalue weighted by molar-refractivity contribution is 7.80. The molecule has 3 nitrogen and oxygen atoms in total. The van der Waals surface area contributed by atoms with E-state index >= 15 is 0 Å². The second-order valence-corrected chi connectivity index (χ2v) is 5.43. The molecular weight excluding hydrogens is 270 g/mol. The van der Waals surface area contributed by atoms with Crippen molar-refractivity contribution in [2.75, 3.05) is 6.61 Å². The Balaban J connectivity index is 2.90. The van der Waals surface area contributed by atoms with Gasteiger partial charge in [0.1, 0.15) is 0 Å². The van der Waals surface area contributed by atoms with E-state index in [2.05, 4.69) is 17.9 Å². The molecule has 1 amide bonds. The normalized spacial score (nSPS) is 14.1. The number of hydrogen-bond acceptors (Lipinski definition) is 3. The first-order valence-corrected chi connectivity index (χ1v) is 6.66. The van der Waals surface area contributed by atoms with Gasteiger partial charge in [0.25, 0.3) is 5.91 Å². The van der Waals surface area contributed by atoms with Gasteiger partial charge in [-0.25, -0.2) is 0 Å². The van der Waals surface area contributed by atoms with Crippen LogP contribution in [0.3, 0.4) is 0 Å². The number of halogens is 1. The number of rotatable bonds is 5. The van der Waals surface area contributed by atoms with Crippen molar-refractivity contribution in [1.82, 2.24) is 5.32 Å². The van der Waals surface area contributed by atoms with E-state index in [1.165, 1.54) is 0 Å². The minimum atomic E-state index is -0.429. The lowest BCUT2D eigenvalue weighted by molar-refractivity contribution is 0.0886. The number of amides is 1. The Morgan fingerprint density at radius 2 is 2.22 bits per heavy atom. The van der Waals surface area contributed by atoms with Crippen LogP contribution in [0.15, 0.2) is 23.1 Å². The van der Waals surface area contributed by atoms with Crippen LogP contribution < -0.4 is 5.32 Å². The third kappa shape index (κ3) is 3.90. The van der Waals surface area contributed by atoms with Crippen molar-refractivity contribution < 1.29 is 9.90 Å². The Morgan fingerprint density at radius 3 is 2.78 bits per heavy atom. The number of benzene rings is 1. The molecule has 0 heterocycles. The van der Waals surface area contributed by atoms with E-state index in [-0.39, 0.29) is 12.5 Å². The maximum atomic E-state index is 12.2. The van der Waals surface area contributed by atoms with Crippen LogP contribution in [0, 0.1) is 0 Å². The summed E-state index contributed by atoms with van der Waals surface area (Å²) in [6, 6.07) is 5.01. The molecule has 1 aromatic carbocycles. The highest BCUT2D eigenvalue weighted by atomic mass is 35.5. The van der Waals surface area contributed by atoms with E-state index in [9.17, 15) is 4.79 Å².